The number of hydrogen-bond donors (Lipinski definition) is 1. The molecule has 2 heterocycles. The molecule has 2 aliphatic rings. The second-order valence-corrected chi connectivity index (χ2v) is 7.26. The van der Waals surface area contributed by atoms with Crippen LogP contribution in [0.2, 0.25) is 0 Å². The lowest BCUT2D eigenvalue weighted by Gasteiger charge is -2.44. The molecule has 3 atom stereocenters. The zero-order valence-electron chi connectivity index (χ0n) is 15.4. The van der Waals surface area contributed by atoms with E-state index in [0.717, 1.165) is 32.5 Å². The van der Waals surface area contributed by atoms with Crippen LogP contribution in [0.25, 0.3) is 0 Å². The van der Waals surface area contributed by atoms with E-state index in [4.69, 9.17) is 9.47 Å². The largest absolute Gasteiger partial charge is 0.383 e. The van der Waals surface area contributed by atoms with Gasteiger partial charge in [-0.05, 0) is 25.3 Å². The van der Waals surface area contributed by atoms with Gasteiger partial charge in [-0.1, -0.05) is 29.8 Å². The zero-order chi connectivity index (χ0) is 17.6. The Bertz CT molecular complexity index is 561. The maximum atomic E-state index is 12.6. The molecule has 0 spiro atoms. The molecule has 1 aromatic rings. The Morgan fingerprint density at radius 2 is 2.12 bits per heavy atom. The third-order valence-electron chi connectivity index (χ3n) is 5.42. The monoisotopic (exact) mass is 346 g/mol. The number of aryl methyl sites for hydroxylation is 1. The molecule has 0 aliphatic carbocycles. The van der Waals surface area contributed by atoms with Gasteiger partial charge in [-0.15, -0.1) is 0 Å². The topological polar surface area (TPSA) is 50.8 Å². The van der Waals surface area contributed by atoms with Crippen LogP contribution in [0, 0.1) is 18.8 Å². The SMILES string of the molecule is COCCNC(=O)[C@H]1CCO[C@H]2CCN(Cc3ccc(C)cc3)C[C@H]21. The molecule has 0 saturated carbocycles. The summed E-state index contributed by atoms with van der Waals surface area (Å²) in [5.41, 5.74) is 2.62. The summed E-state index contributed by atoms with van der Waals surface area (Å²) in [6.45, 7) is 6.86. The molecule has 0 aromatic heterocycles. The van der Waals surface area contributed by atoms with Gasteiger partial charge < -0.3 is 14.8 Å². The molecule has 2 fully saturated rings. The lowest BCUT2D eigenvalue weighted by molar-refractivity contribution is -0.142. The minimum absolute atomic E-state index is 0.0522. The molecule has 0 bridgehead atoms. The molecular formula is C20H30N2O3. The van der Waals surface area contributed by atoms with E-state index in [9.17, 15) is 4.79 Å². The minimum Gasteiger partial charge on any atom is -0.383 e. The summed E-state index contributed by atoms with van der Waals surface area (Å²) >= 11 is 0. The van der Waals surface area contributed by atoms with Crippen LogP contribution in [0.3, 0.4) is 0 Å². The van der Waals surface area contributed by atoms with Crippen molar-refractivity contribution in [2.24, 2.45) is 11.8 Å². The highest BCUT2D eigenvalue weighted by Crippen LogP contribution is 2.33. The van der Waals surface area contributed by atoms with E-state index in [0.29, 0.717) is 19.8 Å². The lowest BCUT2D eigenvalue weighted by atomic mass is 9.79. The number of rotatable bonds is 6. The molecule has 0 radical (unpaired) electrons. The van der Waals surface area contributed by atoms with Gasteiger partial charge in [0.2, 0.25) is 5.91 Å². The van der Waals surface area contributed by atoms with Crippen molar-refractivity contribution in [3.63, 3.8) is 0 Å². The van der Waals surface area contributed by atoms with Gasteiger partial charge in [0.25, 0.3) is 0 Å². The number of nitrogens with zero attached hydrogens (tertiary/aromatic N) is 1. The van der Waals surface area contributed by atoms with Crippen LogP contribution < -0.4 is 5.32 Å². The van der Waals surface area contributed by atoms with E-state index in [2.05, 4.69) is 41.4 Å². The number of hydrogen-bond acceptors (Lipinski definition) is 4. The van der Waals surface area contributed by atoms with Gasteiger partial charge >= 0.3 is 0 Å². The Labute approximate surface area is 150 Å². The third kappa shape index (κ3) is 4.81. The van der Waals surface area contributed by atoms with Crippen LogP contribution in [0.5, 0.6) is 0 Å². The lowest BCUT2D eigenvalue weighted by Crippen LogP contribution is -2.53. The molecule has 1 amide bonds. The first-order valence-electron chi connectivity index (χ1n) is 9.33. The van der Waals surface area contributed by atoms with Gasteiger partial charge in [0.05, 0.1) is 12.7 Å². The standard InChI is InChI=1S/C20H30N2O3/c1-15-3-5-16(6-4-15)13-22-10-7-19-18(14-22)17(8-11-25-19)20(23)21-9-12-24-2/h3-6,17-19H,7-14H2,1-2H3,(H,21,23)/t17-,18-,19-/m0/s1. The van der Waals surface area contributed by atoms with Crippen LogP contribution in [0.15, 0.2) is 24.3 Å². The molecule has 0 unspecified atom stereocenters. The zero-order valence-corrected chi connectivity index (χ0v) is 15.4. The molecule has 138 valence electrons. The van der Waals surface area contributed by atoms with Gasteiger partial charge in [-0.3, -0.25) is 9.69 Å². The maximum absolute atomic E-state index is 12.6. The first kappa shape index (κ1) is 18.4. The number of methoxy groups -OCH3 is 1. The predicted molar refractivity (Wildman–Crippen MR) is 97.3 cm³/mol. The highest BCUT2D eigenvalue weighted by Gasteiger charge is 2.41. The molecule has 3 rings (SSSR count). The second kappa shape index (κ2) is 8.79. The van der Waals surface area contributed by atoms with Crippen molar-refractivity contribution in [2.75, 3.05) is 40.0 Å². The van der Waals surface area contributed by atoms with Crippen molar-refractivity contribution in [3.8, 4) is 0 Å². The number of nitrogens with one attached hydrogen (secondary N) is 1. The van der Waals surface area contributed by atoms with E-state index in [1.807, 2.05) is 0 Å². The van der Waals surface area contributed by atoms with E-state index in [1.165, 1.54) is 11.1 Å². The number of carbonyl (C=O) groups is 1. The summed E-state index contributed by atoms with van der Waals surface area (Å²) in [5.74, 6) is 0.499. The van der Waals surface area contributed by atoms with E-state index in [-0.39, 0.29) is 23.8 Å². The first-order valence-corrected chi connectivity index (χ1v) is 9.33. The summed E-state index contributed by atoms with van der Waals surface area (Å²) in [4.78, 5) is 15.1. The van der Waals surface area contributed by atoms with Gasteiger partial charge in [0.1, 0.15) is 0 Å². The fourth-order valence-corrected chi connectivity index (χ4v) is 4.01. The highest BCUT2D eigenvalue weighted by atomic mass is 16.5. The number of carbonyl (C=O) groups excluding carboxylic acids is 1. The molecule has 1 N–H and O–H groups in total. The number of ether oxygens (including phenoxy) is 2. The van der Waals surface area contributed by atoms with Crippen molar-refractivity contribution in [2.45, 2.75) is 32.4 Å². The number of likely N-dealkylation sites (tertiary alicyclic amines) is 1. The average molecular weight is 346 g/mol. The van der Waals surface area contributed by atoms with Gasteiger partial charge in [0, 0.05) is 51.7 Å². The number of benzene rings is 1. The Balaban J connectivity index is 1.60. The van der Waals surface area contributed by atoms with Crippen LogP contribution in [-0.2, 0) is 20.8 Å². The second-order valence-electron chi connectivity index (χ2n) is 7.26. The fraction of sp³-hybridized carbons (Fsp3) is 0.650. The quantitative estimate of drug-likeness (QED) is 0.801. The summed E-state index contributed by atoms with van der Waals surface area (Å²) in [6, 6.07) is 8.73. The third-order valence-corrected chi connectivity index (χ3v) is 5.42. The Morgan fingerprint density at radius 1 is 1.32 bits per heavy atom. The predicted octanol–water partition coefficient (Wildman–Crippen LogP) is 1.98. The summed E-state index contributed by atoms with van der Waals surface area (Å²) < 4.78 is 11.0. The molecular weight excluding hydrogens is 316 g/mol. The number of piperidine rings is 1. The highest BCUT2D eigenvalue weighted by molar-refractivity contribution is 5.79. The van der Waals surface area contributed by atoms with E-state index >= 15 is 0 Å². The molecule has 2 aliphatic heterocycles. The van der Waals surface area contributed by atoms with E-state index < -0.39 is 0 Å². The van der Waals surface area contributed by atoms with E-state index in [1.54, 1.807) is 7.11 Å². The molecule has 2 saturated heterocycles. The van der Waals surface area contributed by atoms with Crippen molar-refractivity contribution in [3.05, 3.63) is 35.4 Å². The van der Waals surface area contributed by atoms with Crippen LogP contribution in [0.4, 0.5) is 0 Å². The normalized spacial score (nSPS) is 26.9. The molecule has 5 nitrogen and oxygen atoms in total. The summed E-state index contributed by atoms with van der Waals surface area (Å²) in [5, 5.41) is 3.02. The van der Waals surface area contributed by atoms with Crippen molar-refractivity contribution in [1.82, 2.24) is 10.2 Å². The molecule has 25 heavy (non-hydrogen) atoms. The van der Waals surface area contributed by atoms with Gasteiger partial charge in [0.15, 0.2) is 0 Å². The summed E-state index contributed by atoms with van der Waals surface area (Å²) in [7, 11) is 1.65. The van der Waals surface area contributed by atoms with Gasteiger partial charge in [-0.2, -0.15) is 0 Å². The smallest absolute Gasteiger partial charge is 0.223 e. The molecule has 5 heteroatoms. The van der Waals surface area contributed by atoms with Crippen molar-refractivity contribution >= 4 is 5.91 Å². The maximum Gasteiger partial charge on any atom is 0.223 e. The first-order chi connectivity index (χ1) is 12.2. The fourth-order valence-electron chi connectivity index (χ4n) is 4.01. The van der Waals surface area contributed by atoms with Crippen LogP contribution in [-0.4, -0.2) is 56.9 Å². The Hall–Kier alpha value is -1.43. The Kier molecular flexibility index (Phi) is 6.45. The van der Waals surface area contributed by atoms with Crippen molar-refractivity contribution in [1.29, 1.82) is 0 Å². The molecule has 1 aromatic carbocycles. The number of fused-ring (bicyclic) bond motifs is 1. The van der Waals surface area contributed by atoms with Crippen LogP contribution >= 0.6 is 0 Å². The minimum atomic E-state index is 0.0522. The summed E-state index contributed by atoms with van der Waals surface area (Å²) in [6.07, 6.45) is 2.05. The van der Waals surface area contributed by atoms with Crippen molar-refractivity contribution < 1.29 is 14.3 Å². The Morgan fingerprint density at radius 3 is 2.88 bits per heavy atom. The number of amides is 1. The van der Waals surface area contributed by atoms with Gasteiger partial charge in [-0.25, -0.2) is 0 Å². The average Bonchev–Trinajstić information content (AvgIpc) is 2.63. The van der Waals surface area contributed by atoms with Crippen LogP contribution in [0.1, 0.15) is 24.0 Å².